The lowest BCUT2D eigenvalue weighted by atomic mass is 10.0. The van der Waals surface area contributed by atoms with Crippen LogP contribution in [-0.2, 0) is 6.42 Å². The van der Waals surface area contributed by atoms with Crippen LogP contribution in [0.15, 0.2) is 24.3 Å². The number of hydrogen-bond acceptors (Lipinski definition) is 4. The molecule has 0 saturated carbocycles. The van der Waals surface area contributed by atoms with Crippen molar-refractivity contribution in [3.8, 4) is 5.75 Å². The number of hydrogen-bond donors (Lipinski definition) is 1. The van der Waals surface area contributed by atoms with E-state index in [-0.39, 0.29) is 12.1 Å². The number of piperidine rings is 1. The molecule has 0 aliphatic carbocycles. The maximum atomic E-state index is 10.5. The lowest BCUT2D eigenvalue weighted by Crippen LogP contribution is -2.50. The number of aryl methyl sites for hydroxylation is 1. The molecule has 0 bridgehead atoms. The van der Waals surface area contributed by atoms with Crippen molar-refractivity contribution in [1.29, 1.82) is 0 Å². The molecular weight excluding hydrogens is 268 g/mol. The van der Waals surface area contributed by atoms with Crippen molar-refractivity contribution in [3.05, 3.63) is 29.8 Å². The van der Waals surface area contributed by atoms with Crippen molar-refractivity contribution in [1.82, 2.24) is 10.2 Å². The van der Waals surface area contributed by atoms with Gasteiger partial charge in [-0.05, 0) is 37.3 Å². The van der Waals surface area contributed by atoms with E-state index in [1.54, 1.807) is 0 Å². The second-order valence-corrected chi connectivity index (χ2v) is 5.89. The molecule has 1 unspecified atom stereocenters. The normalized spacial score (nSPS) is 23.1. The Morgan fingerprint density at radius 1 is 1.29 bits per heavy atom. The van der Waals surface area contributed by atoms with Gasteiger partial charge in [-0.25, -0.2) is 0 Å². The molecule has 0 spiro atoms. The van der Waals surface area contributed by atoms with E-state index in [1.165, 1.54) is 5.56 Å². The predicted octanol–water partition coefficient (Wildman–Crippen LogP) is 0.778. The zero-order valence-electron chi connectivity index (χ0n) is 12.1. The third kappa shape index (κ3) is 3.67. The first kappa shape index (κ1) is 14.2. The topological polar surface area (TPSA) is 64.6 Å². The van der Waals surface area contributed by atoms with Crippen molar-refractivity contribution >= 4 is 6.09 Å². The van der Waals surface area contributed by atoms with Gasteiger partial charge in [0.05, 0.1) is 0 Å². The number of carboxylic acid groups (broad SMARTS) is 1. The van der Waals surface area contributed by atoms with Crippen molar-refractivity contribution in [2.45, 2.75) is 37.8 Å². The van der Waals surface area contributed by atoms with Crippen LogP contribution < -0.4 is 15.2 Å². The standard InChI is InChI=1S/C16H22N2O3/c19-16(20)17-13-7-9-18(10-8-13)11-14-6-5-12-3-1-2-4-15(12)21-14/h1-4,13-14,17H,5-11H2,(H,19,20)/p-1. The zero-order chi connectivity index (χ0) is 14.7. The predicted molar refractivity (Wildman–Crippen MR) is 77.2 cm³/mol. The Bertz CT molecular complexity index is 498. The molecule has 2 aliphatic rings. The van der Waals surface area contributed by atoms with Crippen molar-refractivity contribution in [3.63, 3.8) is 0 Å². The van der Waals surface area contributed by atoms with Crippen molar-refractivity contribution in [2.75, 3.05) is 19.6 Å². The number of rotatable bonds is 3. The smallest absolute Gasteiger partial charge is 0.134 e. The Morgan fingerprint density at radius 3 is 2.81 bits per heavy atom. The Balaban J connectivity index is 1.47. The van der Waals surface area contributed by atoms with Crippen LogP contribution in [0.2, 0.25) is 0 Å². The van der Waals surface area contributed by atoms with Crippen LogP contribution in [-0.4, -0.2) is 42.8 Å². The lowest BCUT2D eigenvalue weighted by molar-refractivity contribution is -0.251. The summed E-state index contributed by atoms with van der Waals surface area (Å²) in [6, 6.07) is 8.27. The van der Waals surface area contributed by atoms with Crippen LogP contribution >= 0.6 is 0 Å². The van der Waals surface area contributed by atoms with E-state index < -0.39 is 6.09 Å². The molecule has 1 aromatic rings. The summed E-state index contributed by atoms with van der Waals surface area (Å²) in [5.74, 6) is 1.02. The van der Waals surface area contributed by atoms with Gasteiger partial charge in [-0.1, -0.05) is 18.2 Å². The molecule has 5 nitrogen and oxygen atoms in total. The summed E-state index contributed by atoms with van der Waals surface area (Å²) in [6.07, 6.45) is 2.89. The number of para-hydroxylation sites is 1. The van der Waals surface area contributed by atoms with E-state index in [0.717, 1.165) is 51.1 Å². The fourth-order valence-corrected chi connectivity index (χ4v) is 3.22. The zero-order valence-corrected chi connectivity index (χ0v) is 12.1. The first-order chi connectivity index (χ1) is 10.2. The summed E-state index contributed by atoms with van der Waals surface area (Å²) in [5.41, 5.74) is 1.30. The molecule has 5 heteroatoms. The Labute approximate surface area is 124 Å². The molecule has 2 aliphatic heterocycles. The largest absolute Gasteiger partial charge is 0.530 e. The number of benzene rings is 1. The maximum Gasteiger partial charge on any atom is 0.134 e. The molecule has 114 valence electrons. The second kappa shape index (κ2) is 6.35. The molecule has 1 atom stereocenters. The summed E-state index contributed by atoms with van der Waals surface area (Å²) in [4.78, 5) is 12.9. The average molecular weight is 289 g/mol. The van der Waals surface area contributed by atoms with Crippen LogP contribution in [0.5, 0.6) is 5.75 Å². The SMILES string of the molecule is O=C([O-])NC1CCN(CC2CCc3ccccc3O2)CC1. The van der Waals surface area contributed by atoms with Gasteiger partial charge < -0.3 is 20.0 Å². The first-order valence-electron chi connectivity index (χ1n) is 7.65. The minimum absolute atomic E-state index is 0.0410. The Morgan fingerprint density at radius 2 is 2.05 bits per heavy atom. The van der Waals surface area contributed by atoms with Crippen LogP contribution in [0, 0.1) is 0 Å². The molecule has 1 saturated heterocycles. The Hall–Kier alpha value is -1.75. The average Bonchev–Trinajstić information content (AvgIpc) is 2.49. The molecule has 3 rings (SSSR count). The van der Waals surface area contributed by atoms with Gasteiger partial charge >= 0.3 is 0 Å². The van der Waals surface area contributed by atoms with E-state index in [4.69, 9.17) is 4.74 Å². The highest BCUT2D eigenvalue weighted by Gasteiger charge is 2.25. The highest BCUT2D eigenvalue weighted by Crippen LogP contribution is 2.27. The number of fused-ring (bicyclic) bond motifs is 1. The number of nitrogens with one attached hydrogen (secondary N) is 1. The minimum atomic E-state index is -1.17. The van der Waals surface area contributed by atoms with E-state index in [1.807, 2.05) is 12.1 Å². The van der Waals surface area contributed by atoms with Gasteiger partial charge in [0.2, 0.25) is 0 Å². The first-order valence-corrected chi connectivity index (χ1v) is 7.65. The summed E-state index contributed by atoms with van der Waals surface area (Å²) in [5, 5.41) is 13.0. The van der Waals surface area contributed by atoms with Crippen LogP contribution in [0.25, 0.3) is 0 Å². The molecule has 21 heavy (non-hydrogen) atoms. The molecule has 1 aromatic carbocycles. The van der Waals surface area contributed by atoms with Crippen molar-refractivity contribution in [2.24, 2.45) is 0 Å². The van der Waals surface area contributed by atoms with E-state index >= 15 is 0 Å². The fraction of sp³-hybridized carbons (Fsp3) is 0.562. The number of carbonyl (C=O) groups is 1. The van der Waals surface area contributed by atoms with Gasteiger partial charge in [-0.15, -0.1) is 0 Å². The molecule has 0 aromatic heterocycles. The van der Waals surface area contributed by atoms with Gasteiger partial charge in [-0.3, -0.25) is 4.90 Å². The third-order valence-electron chi connectivity index (χ3n) is 4.37. The molecule has 1 N–H and O–H groups in total. The number of likely N-dealkylation sites (tertiary alicyclic amines) is 1. The summed E-state index contributed by atoms with van der Waals surface area (Å²) in [7, 11) is 0. The van der Waals surface area contributed by atoms with Crippen LogP contribution in [0.1, 0.15) is 24.8 Å². The molecule has 2 heterocycles. The van der Waals surface area contributed by atoms with Gasteiger partial charge in [0.15, 0.2) is 0 Å². The maximum absolute atomic E-state index is 10.5. The van der Waals surface area contributed by atoms with Gasteiger partial charge in [0, 0.05) is 25.7 Å². The second-order valence-electron chi connectivity index (χ2n) is 5.89. The number of amides is 1. The molecule has 1 amide bonds. The monoisotopic (exact) mass is 289 g/mol. The summed E-state index contributed by atoms with van der Waals surface area (Å²) >= 11 is 0. The minimum Gasteiger partial charge on any atom is -0.530 e. The van der Waals surface area contributed by atoms with Gasteiger partial charge in [0.25, 0.3) is 0 Å². The van der Waals surface area contributed by atoms with Crippen molar-refractivity contribution < 1.29 is 14.6 Å². The van der Waals surface area contributed by atoms with Crippen LogP contribution in [0.3, 0.4) is 0 Å². The number of ether oxygens (including phenoxy) is 1. The van der Waals surface area contributed by atoms with E-state index in [2.05, 4.69) is 22.3 Å². The molecular formula is C16H21N2O3-. The van der Waals surface area contributed by atoms with Gasteiger partial charge in [-0.2, -0.15) is 0 Å². The summed E-state index contributed by atoms with van der Waals surface area (Å²) in [6.45, 7) is 2.74. The highest BCUT2D eigenvalue weighted by molar-refractivity contribution is 5.62. The van der Waals surface area contributed by atoms with Gasteiger partial charge in [0.1, 0.15) is 17.9 Å². The van der Waals surface area contributed by atoms with E-state index in [0.29, 0.717) is 0 Å². The number of carbonyl (C=O) groups excluding carboxylic acids is 1. The fourth-order valence-electron chi connectivity index (χ4n) is 3.22. The van der Waals surface area contributed by atoms with Crippen LogP contribution in [0.4, 0.5) is 4.79 Å². The third-order valence-corrected chi connectivity index (χ3v) is 4.37. The molecule has 0 radical (unpaired) electrons. The quantitative estimate of drug-likeness (QED) is 0.893. The highest BCUT2D eigenvalue weighted by atomic mass is 16.5. The lowest BCUT2D eigenvalue weighted by Gasteiger charge is -2.36. The molecule has 1 fully saturated rings. The Kier molecular flexibility index (Phi) is 4.29. The van der Waals surface area contributed by atoms with E-state index in [9.17, 15) is 9.90 Å². The number of nitrogens with zero attached hydrogens (tertiary/aromatic N) is 1. The summed E-state index contributed by atoms with van der Waals surface area (Å²) < 4.78 is 6.06.